The first kappa shape index (κ1) is 14.6. The van der Waals surface area contributed by atoms with E-state index in [9.17, 15) is 0 Å². The predicted octanol–water partition coefficient (Wildman–Crippen LogP) is 6.57. The second-order valence-electron chi connectivity index (χ2n) is 6.95. The first-order valence-electron chi connectivity index (χ1n) is 9.09. The summed E-state index contributed by atoms with van der Waals surface area (Å²) in [7, 11) is 2.13. The molecule has 2 heterocycles. The second kappa shape index (κ2) is 5.38. The van der Waals surface area contributed by atoms with Gasteiger partial charge in [0.25, 0.3) is 0 Å². The molecule has 0 unspecified atom stereocenters. The van der Waals surface area contributed by atoms with E-state index in [2.05, 4.69) is 73.1 Å². The molecule has 0 aliphatic heterocycles. The maximum atomic E-state index is 6.39. The van der Waals surface area contributed by atoms with Crippen LogP contribution in [0.5, 0.6) is 0 Å². The van der Waals surface area contributed by atoms with Gasteiger partial charge in [-0.25, -0.2) is 0 Å². The Hall–Kier alpha value is -2.74. The van der Waals surface area contributed by atoms with Crippen molar-refractivity contribution in [1.82, 2.24) is 4.57 Å². The maximum Gasteiger partial charge on any atom is 0.145 e. The number of furan rings is 1. The van der Waals surface area contributed by atoms with Gasteiger partial charge in [-0.05, 0) is 42.7 Å². The Labute approximate surface area is 146 Å². The summed E-state index contributed by atoms with van der Waals surface area (Å²) in [5, 5.41) is 4.91. The molecule has 124 valence electrons. The van der Waals surface area contributed by atoms with Gasteiger partial charge in [0.15, 0.2) is 0 Å². The highest BCUT2D eigenvalue weighted by molar-refractivity contribution is 6.23. The minimum atomic E-state index is 1.00. The molecule has 5 aromatic rings. The van der Waals surface area contributed by atoms with Crippen LogP contribution in [0.2, 0.25) is 0 Å². The number of nitrogens with zero attached hydrogens (tertiary/aromatic N) is 1. The van der Waals surface area contributed by atoms with Gasteiger partial charge in [0, 0.05) is 28.7 Å². The number of fused-ring (bicyclic) bond motifs is 7. The summed E-state index contributed by atoms with van der Waals surface area (Å²) in [6.45, 7) is 2.23. The highest BCUT2D eigenvalue weighted by atomic mass is 16.3. The molecule has 0 aliphatic rings. The van der Waals surface area contributed by atoms with E-state index in [4.69, 9.17) is 4.42 Å². The molecule has 25 heavy (non-hydrogen) atoms. The number of unbranched alkanes of at least 4 members (excludes halogenated alkanes) is 1. The average Bonchev–Trinajstić information content (AvgIpc) is 3.15. The topological polar surface area (TPSA) is 18.1 Å². The number of para-hydroxylation sites is 1. The number of aromatic nitrogens is 1. The van der Waals surface area contributed by atoms with Crippen LogP contribution in [0.4, 0.5) is 0 Å². The summed E-state index contributed by atoms with van der Waals surface area (Å²) in [6.07, 6.45) is 3.56. The Morgan fingerprint density at radius 2 is 1.72 bits per heavy atom. The van der Waals surface area contributed by atoms with Crippen LogP contribution >= 0.6 is 0 Å². The molecule has 3 aromatic carbocycles. The summed E-state index contributed by atoms with van der Waals surface area (Å²) < 4.78 is 8.65. The van der Waals surface area contributed by atoms with Crippen LogP contribution in [0.15, 0.2) is 59.0 Å². The molecule has 0 saturated heterocycles. The number of benzene rings is 3. The van der Waals surface area contributed by atoms with E-state index in [1.54, 1.807) is 0 Å². The lowest BCUT2D eigenvalue weighted by molar-refractivity contribution is 0.671. The molecular formula is C23H21NO. The number of hydrogen-bond acceptors (Lipinski definition) is 1. The Bertz CT molecular complexity index is 1240. The van der Waals surface area contributed by atoms with Gasteiger partial charge in [-0.3, -0.25) is 0 Å². The van der Waals surface area contributed by atoms with Crippen LogP contribution in [-0.4, -0.2) is 4.57 Å². The standard InChI is InChI=1S/C23H21NO/c1-3-4-7-15-10-11-16-17-12-13-20-22(23(17)25-21(16)14-15)18-8-5-6-9-19(18)24(20)2/h5-6,8-14H,3-4,7H2,1-2H3. The third kappa shape index (κ3) is 2.03. The SMILES string of the molecule is CCCCc1ccc2c(c1)oc1c2ccc2c1c1ccccc1n2C. The van der Waals surface area contributed by atoms with E-state index in [0.29, 0.717) is 0 Å². The van der Waals surface area contributed by atoms with Gasteiger partial charge >= 0.3 is 0 Å². The van der Waals surface area contributed by atoms with Crippen LogP contribution in [0.3, 0.4) is 0 Å². The quantitative estimate of drug-likeness (QED) is 0.366. The molecule has 0 fully saturated rings. The van der Waals surface area contributed by atoms with E-state index < -0.39 is 0 Å². The van der Waals surface area contributed by atoms with E-state index in [1.165, 1.54) is 51.0 Å². The van der Waals surface area contributed by atoms with Gasteiger partial charge in [0.2, 0.25) is 0 Å². The fourth-order valence-corrected chi connectivity index (χ4v) is 4.06. The lowest BCUT2D eigenvalue weighted by Gasteiger charge is -1.99. The van der Waals surface area contributed by atoms with Gasteiger partial charge in [-0.1, -0.05) is 43.7 Å². The van der Waals surface area contributed by atoms with Gasteiger partial charge in [-0.15, -0.1) is 0 Å². The number of rotatable bonds is 3. The zero-order valence-corrected chi connectivity index (χ0v) is 14.7. The van der Waals surface area contributed by atoms with Crippen molar-refractivity contribution in [2.75, 3.05) is 0 Å². The predicted molar refractivity (Wildman–Crippen MR) is 106 cm³/mol. The highest BCUT2D eigenvalue weighted by Crippen LogP contribution is 2.38. The minimum absolute atomic E-state index is 1.00. The summed E-state index contributed by atoms with van der Waals surface area (Å²) in [4.78, 5) is 0. The zero-order valence-electron chi connectivity index (χ0n) is 14.7. The van der Waals surface area contributed by atoms with Crippen molar-refractivity contribution in [3.8, 4) is 0 Å². The molecular weight excluding hydrogens is 306 g/mol. The molecule has 5 rings (SSSR count). The lowest BCUT2D eigenvalue weighted by Crippen LogP contribution is -1.85. The molecule has 0 N–H and O–H groups in total. The molecule has 0 spiro atoms. The summed E-state index contributed by atoms with van der Waals surface area (Å²) >= 11 is 0. The molecule has 2 heteroatoms. The van der Waals surface area contributed by atoms with Gasteiger partial charge in [-0.2, -0.15) is 0 Å². The van der Waals surface area contributed by atoms with Gasteiger partial charge in [0.1, 0.15) is 11.2 Å². The first-order chi connectivity index (χ1) is 12.3. The van der Waals surface area contributed by atoms with Gasteiger partial charge < -0.3 is 8.98 Å². The third-order valence-electron chi connectivity index (χ3n) is 5.40. The fourth-order valence-electron chi connectivity index (χ4n) is 4.06. The fraction of sp³-hybridized carbons (Fsp3) is 0.217. The Kier molecular flexibility index (Phi) is 3.14. The van der Waals surface area contributed by atoms with E-state index in [-0.39, 0.29) is 0 Å². The van der Waals surface area contributed by atoms with Crippen LogP contribution in [-0.2, 0) is 13.5 Å². The van der Waals surface area contributed by atoms with E-state index >= 15 is 0 Å². The number of hydrogen-bond donors (Lipinski definition) is 0. The molecule has 2 aromatic heterocycles. The van der Waals surface area contributed by atoms with Crippen molar-refractivity contribution in [2.24, 2.45) is 7.05 Å². The molecule has 0 bridgehead atoms. The summed E-state index contributed by atoms with van der Waals surface area (Å²) in [5.74, 6) is 0. The molecule has 0 radical (unpaired) electrons. The van der Waals surface area contributed by atoms with E-state index in [1.807, 2.05) is 0 Å². The normalized spacial score (nSPS) is 12.1. The minimum Gasteiger partial charge on any atom is -0.455 e. The van der Waals surface area contributed by atoms with Crippen molar-refractivity contribution >= 4 is 43.7 Å². The van der Waals surface area contributed by atoms with Gasteiger partial charge in [0.05, 0.1) is 10.9 Å². The molecule has 0 aliphatic carbocycles. The Balaban J connectivity index is 1.87. The van der Waals surface area contributed by atoms with Crippen molar-refractivity contribution in [2.45, 2.75) is 26.2 Å². The molecule has 0 saturated carbocycles. The lowest BCUT2D eigenvalue weighted by atomic mass is 10.0. The van der Waals surface area contributed by atoms with Crippen molar-refractivity contribution in [1.29, 1.82) is 0 Å². The maximum absolute atomic E-state index is 6.39. The summed E-state index contributed by atoms with van der Waals surface area (Å²) in [5.41, 5.74) is 5.84. The van der Waals surface area contributed by atoms with Crippen molar-refractivity contribution < 1.29 is 4.42 Å². The van der Waals surface area contributed by atoms with Crippen LogP contribution in [0.25, 0.3) is 43.7 Å². The largest absolute Gasteiger partial charge is 0.455 e. The molecule has 0 atom stereocenters. The third-order valence-corrected chi connectivity index (χ3v) is 5.40. The van der Waals surface area contributed by atoms with Crippen molar-refractivity contribution in [3.63, 3.8) is 0 Å². The van der Waals surface area contributed by atoms with Crippen molar-refractivity contribution in [3.05, 3.63) is 60.2 Å². The molecule has 2 nitrogen and oxygen atoms in total. The number of aryl methyl sites for hydroxylation is 2. The smallest absolute Gasteiger partial charge is 0.145 e. The van der Waals surface area contributed by atoms with Crippen LogP contribution < -0.4 is 0 Å². The van der Waals surface area contributed by atoms with Crippen LogP contribution in [0.1, 0.15) is 25.3 Å². The van der Waals surface area contributed by atoms with E-state index in [0.717, 1.165) is 17.6 Å². The Morgan fingerprint density at radius 3 is 2.60 bits per heavy atom. The first-order valence-corrected chi connectivity index (χ1v) is 9.09. The highest BCUT2D eigenvalue weighted by Gasteiger charge is 2.16. The van der Waals surface area contributed by atoms with Crippen LogP contribution in [0, 0.1) is 0 Å². The zero-order chi connectivity index (χ0) is 17.0. The molecule has 0 amide bonds. The second-order valence-corrected chi connectivity index (χ2v) is 6.95. The summed E-state index contributed by atoms with van der Waals surface area (Å²) in [6, 6.07) is 19.7. The average molecular weight is 327 g/mol. The Morgan fingerprint density at radius 1 is 0.880 bits per heavy atom. The monoisotopic (exact) mass is 327 g/mol.